The molecule has 31 heavy (non-hydrogen) atoms. The number of hydrogen-bond donors (Lipinski definition) is 2. The van der Waals surface area contributed by atoms with Crippen molar-refractivity contribution in [3.8, 4) is 11.3 Å². The molecule has 8 nitrogen and oxygen atoms in total. The van der Waals surface area contributed by atoms with Gasteiger partial charge in [-0.05, 0) is 45.7 Å². The Balaban J connectivity index is 0.000000254. The first-order chi connectivity index (χ1) is 14.7. The van der Waals surface area contributed by atoms with Crippen molar-refractivity contribution in [2.45, 2.75) is 39.7 Å². The van der Waals surface area contributed by atoms with Gasteiger partial charge < -0.3 is 20.1 Å². The topological polar surface area (TPSA) is 116 Å². The number of ether oxygens (including phenoxy) is 1. The Morgan fingerprint density at radius 2 is 2.13 bits per heavy atom. The van der Waals surface area contributed by atoms with Gasteiger partial charge in [0.05, 0.1) is 35.0 Å². The summed E-state index contributed by atoms with van der Waals surface area (Å²) >= 11 is 6.12. The molecule has 1 fully saturated rings. The van der Waals surface area contributed by atoms with Gasteiger partial charge in [0.25, 0.3) is 0 Å². The van der Waals surface area contributed by atoms with Crippen molar-refractivity contribution in [3.05, 3.63) is 35.0 Å². The number of aromatic nitrogens is 4. The van der Waals surface area contributed by atoms with E-state index in [9.17, 15) is 9.18 Å². The minimum Gasteiger partial charge on any atom is -0.481 e. The van der Waals surface area contributed by atoms with Crippen molar-refractivity contribution >= 4 is 34.6 Å². The molecule has 1 aliphatic rings. The molecular formula is C21H25ClFN5O3. The van der Waals surface area contributed by atoms with Crippen molar-refractivity contribution in [3.63, 3.8) is 0 Å². The normalized spacial score (nSPS) is 16.3. The molecule has 2 aromatic heterocycles. The number of carboxylic acid groups (broad SMARTS) is 1. The van der Waals surface area contributed by atoms with E-state index >= 15 is 0 Å². The molecule has 0 spiro atoms. The molecule has 1 aromatic carbocycles. The lowest BCUT2D eigenvalue weighted by Gasteiger charge is -2.17. The molecule has 166 valence electrons. The van der Waals surface area contributed by atoms with Gasteiger partial charge in [-0.25, -0.2) is 19.3 Å². The van der Waals surface area contributed by atoms with Gasteiger partial charge in [0, 0.05) is 18.2 Å². The van der Waals surface area contributed by atoms with Crippen molar-refractivity contribution in [2.24, 2.45) is 5.92 Å². The quantitative estimate of drug-likeness (QED) is 0.613. The Hall–Kier alpha value is -2.78. The van der Waals surface area contributed by atoms with Crippen molar-refractivity contribution in [1.29, 1.82) is 0 Å². The van der Waals surface area contributed by atoms with Crippen LogP contribution in [0.15, 0.2) is 18.3 Å². The van der Waals surface area contributed by atoms with Crippen molar-refractivity contribution in [2.75, 3.05) is 18.9 Å². The lowest BCUT2D eigenvalue weighted by molar-refractivity contribution is -0.145. The number of halogens is 2. The Kier molecular flexibility index (Phi) is 7.07. The number of fused-ring (bicyclic) bond motifs is 1. The van der Waals surface area contributed by atoms with E-state index in [4.69, 9.17) is 27.2 Å². The molecular weight excluding hydrogens is 425 g/mol. The summed E-state index contributed by atoms with van der Waals surface area (Å²) in [6, 6.07) is 3.35. The summed E-state index contributed by atoms with van der Waals surface area (Å²) in [6.07, 6.45) is 3.07. The lowest BCUT2D eigenvalue weighted by atomic mass is 10.0. The molecule has 0 saturated carbocycles. The molecule has 0 bridgehead atoms. The SMILES string of the molecule is Cc1nc2c(F)cc(-c3nc(N)ncc3Cl)cc2n1C(C)C.O=C(O)[C@H]1CCCOC1. The fraction of sp³-hybridized carbons (Fsp3) is 0.429. The maximum Gasteiger partial charge on any atom is 0.308 e. The van der Waals surface area contributed by atoms with Crippen LogP contribution in [0.4, 0.5) is 10.3 Å². The molecule has 4 rings (SSSR count). The third kappa shape index (κ3) is 5.11. The summed E-state index contributed by atoms with van der Waals surface area (Å²) in [4.78, 5) is 22.5. The van der Waals surface area contributed by atoms with E-state index in [2.05, 4.69) is 15.0 Å². The summed E-state index contributed by atoms with van der Waals surface area (Å²) in [5.41, 5.74) is 7.60. The first-order valence-electron chi connectivity index (χ1n) is 9.96. The van der Waals surface area contributed by atoms with Crippen LogP contribution < -0.4 is 5.73 Å². The van der Waals surface area contributed by atoms with E-state index in [1.807, 2.05) is 31.4 Å². The highest BCUT2D eigenvalue weighted by Crippen LogP contribution is 2.31. The van der Waals surface area contributed by atoms with Gasteiger partial charge in [-0.15, -0.1) is 0 Å². The number of rotatable bonds is 3. The largest absolute Gasteiger partial charge is 0.481 e. The number of nitrogen functional groups attached to an aromatic ring is 1. The third-order valence-corrected chi connectivity index (χ3v) is 5.26. The van der Waals surface area contributed by atoms with Crippen molar-refractivity contribution < 1.29 is 19.0 Å². The molecule has 1 saturated heterocycles. The molecule has 0 amide bonds. The van der Waals surface area contributed by atoms with E-state index in [-0.39, 0.29) is 17.9 Å². The zero-order chi connectivity index (χ0) is 22.7. The van der Waals surface area contributed by atoms with E-state index < -0.39 is 11.8 Å². The standard InChI is InChI=1S/C15H15ClFN5.C6H10O3/c1-7(2)22-8(3)20-14-11(17)4-9(5-12(14)22)13-10(16)6-19-15(18)21-13;7-6(8)5-2-1-3-9-4-5/h4-7H,1-3H3,(H2,18,19,21);5H,1-4H2,(H,7,8)/t;5-/m.0/s1. The number of imidazole rings is 1. The highest BCUT2D eigenvalue weighted by Gasteiger charge is 2.20. The monoisotopic (exact) mass is 449 g/mol. The van der Waals surface area contributed by atoms with E-state index in [1.165, 1.54) is 12.3 Å². The first kappa shape index (κ1) is 22.9. The van der Waals surface area contributed by atoms with Gasteiger partial charge in [0.15, 0.2) is 5.82 Å². The summed E-state index contributed by atoms with van der Waals surface area (Å²) in [5.74, 6) is -0.542. The van der Waals surface area contributed by atoms with Crippen LogP contribution in [0.2, 0.25) is 5.02 Å². The Labute approximate surface area is 184 Å². The number of aryl methyl sites for hydroxylation is 1. The average molecular weight is 450 g/mol. The minimum atomic E-state index is -0.727. The number of nitrogens with two attached hydrogens (primary N) is 1. The second-order valence-electron chi connectivity index (χ2n) is 7.63. The summed E-state index contributed by atoms with van der Waals surface area (Å²) in [5, 5.41) is 8.78. The van der Waals surface area contributed by atoms with Gasteiger partial charge in [-0.1, -0.05) is 11.6 Å². The molecule has 3 heterocycles. The lowest BCUT2D eigenvalue weighted by Crippen LogP contribution is -2.24. The fourth-order valence-electron chi connectivity index (χ4n) is 3.58. The van der Waals surface area contributed by atoms with Crippen LogP contribution in [0.5, 0.6) is 0 Å². The number of aliphatic carboxylic acids is 1. The van der Waals surface area contributed by atoms with Crippen LogP contribution in [0, 0.1) is 18.7 Å². The maximum atomic E-state index is 14.4. The third-order valence-electron chi connectivity index (χ3n) is 4.99. The Bertz CT molecular complexity index is 1100. The number of anilines is 1. The van der Waals surface area contributed by atoms with Crippen LogP contribution in [0.3, 0.4) is 0 Å². The molecule has 3 aromatic rings. The minimum absolute atomic E-state index is 0.0912. The molecule has 10 heteroatoms. The van der Waals surface area contributed by atoms with E-state index in [0.29, 0.717) is 33.9 Å². The van der Waals surface area contributed by atoms with Gasteiger partial charge in [0.1, 0.15) is 11.3 Å². The second-order valence-corrected chi connectivity index (χ2v) is 8.03. The molecule has 1 aliphatic heterocycles. The van der Waals surface area contributed by atoms with E-state index in [1.54, 1.807) is 0 Å². The van der Waals surface area contributed by atoms with Crippen molar-refractivity contribution in [1.82, 2.24) is 19.5 Å². The average Bonchev–Trinajstić information content (AvgIpc) is 3.07. The Morgan fingerprint density at radius 3 is 2.71 bits per heavy atom. The van der Waals surface area contributed by atoms with Crippen LogP contribution in [-0.4, -0.2) is 43.8 Å². The zero-order valence-corrected chi connectivity index (χ0v) is 18.4. The van der Waals surface area contributed by atoms with Gasteiger partial charge in [-0.3, -0.25) is 4.79 Å². The van der Waals surface area contributed by atoms with E-state index in [0.717, 1.165) is 25.3 Å². The fourth-order valence-corrected chi connectivity index (χ4v) is 3.78. The molecule has 1 atom stereocenters. The number of benzene rings is 1. The summed E-state index contributed by atoms with van der Waals surface area (Å²) < 4.78 is 21.4. The first-order valence-corrected chi connectivity index (χ1v) is 10.3. The smallest absolute Gasteiger partial charge is 0.308 e. The van der Waals surface area contributed by atoms with Gasteiger partial charge in [-0.2, -0.15) is 0 Å². The van der Waals surface area contributed by atoms with Crippen LogP contribution in [0.25, 0.3) is 22.3 Å². The zero-order valence-electron chi connectivity index (χ0n) is 17.6. The Morgan fingerprint density at radius 1 is 1.39 bits per heavy atom. The molecule has 0 unspecified atom stereocenters. The highest BCUT2D eigenvalue weighted by atomic mass is 35.5. The molecule has 0 radical (unpaired) electrons. The number of carboxylic acids is 1. The van der Waals surface area contributed by atoms with Gasteiger partial charge in [0.2, 0.25) is 5.95 Å². The summed E-state index contributed by atoms with van der Waals surface area (Å²) in [7, 11) is 0. The molecule has 3 N–H and O–H groups in total. The van der Waals surface area contributed by atoms with Crippen LogP contribution in [0.1, 0.15) is 38.6 Å². The molecule has 0 aliphatic carbocycles. The predicted octanol–water partition coefficient (Wildman–Crippen LogP) is 4.25. The number of hydrogen-bond acceptors (Lipinski definition) is 6. The predicted molar refractivity (Wildman–Crippen MR) is 116 cm³/mol. The van der Waals surface area contributed by atoms with Gasteiger partial charge >= 0.3 is 5.97 Å². The number of carbonyl (C=O) groups is 1. The van der Waals surface area contributed by atoms with Crippen LogP contribution >= 0.6 is 11.6 Å². The maximum absolute atomic E-state index is 14.4. The van der Waals surface area contributed by atoms with Crippen LogP contribution in [-0.2, 0) is 9.53 Å². The second kappa shape index (κ2) is 9.57. The number of nitrogens with zero attached hydrogens (tertiary/aromatic N) is 4. The summed E-state index contributed by atoms with van der Waals surface area (Å²) in [6.45, 7) is 7.02. The highest BCUT2D eigenvalue weighted by molar-refractivity contribution is 6.33.